The molecule has 2 aromatic rings. The van der Waals surface area contributed by atoms with Crippen LogP contribution in [-0.2, 0) is 4.79 Å². The van der Waals surface area contributed by atoms with Crippen LogP contribution < -0.4 is 14.8 Å². The maximum Gasteiger partial charge on any atom is 0.231 e. The van der Waals surface area contributed by atoms with Gasteiger partial charge in [0.15, 0.2) is 11.5 Å². The molecule has 5 nitrogen and oxygen atoms in total. The predicted molar refractivity (Wildman–Crippen MR) is 105 cm³/mol. The largest absolute Gasteiger partial charge is 0.454 e. The van der Waals surface area contributed by atoms with Gasteiger partial charge in [0.05, 0.1) is 0 Å². The van der Waals surface area contributed by atoms with E-state index in [0.717, 1.165) is 37.4 Å². The normalized spacial score (nSPS) is 18.3. The van der Waals surface area contributed by atoms with E-state index in [1.54, 1.807) is 0 Å². The second-order valence-corrected chi connectivity index (χ2v) is 7.40. The summed E-state index contributed by atoms with van der Waals surface area (Å²) in [6.45, 7) is 6.54. The lowest BCUT2D eigenvalue weighted by Gasteiger charge is -2.36. The van der Waals surface area contributed by atoms with E-state index in [2.05, 4.69) is 48.3 Å². The highest BCUT2D eigenvalue weighted by molar-refractivity contribution is 5.93. The molecule has 4 rings (SSSR count). The third-order valence-corrected chi connectivity index (χ3v) is 5.73. The van der Waals surface area contributed by atoms with Gasteiger partial charge in [0, 0.05) is 23.7 Å². The fraction of sp³-hybridized carbons (Fsp3) is 0.409. The summed E-state index contributed by atoms with van der Waals surface area (Å²) >= 11 is 0. The first kappa shape index (κ1) is 17.9. The topological polar surface area (TPSA) is 50.8 Å². The number of likely N-dealkylation sites (tertiary alicyclic amines) is 1. The van der Waals surface area contributed by atoms with Crippen molar-refractivity contribution in [3.63, 3.8) is 0 Å². The van der Waals surface area contributed by atoms with Crippen LogP contribution in [0.4, 0.5) is 5.69 Å². The molecule has 2 aliphatic rings. The number of carbonyl (C=O) groups is 1. The minimum absolute atomic E-state index is 0.0516. The molecule has 0 bridgehead atoms. The average Bonchev–Trinajstić information content (AvgIpc) is 3.16. The van der Waals surface area contributed by atoms with Crippen LogP contribution in [0.5, 0.6) is 11.5 Å². The summed E-state index contributed by atoms with van der Waals surface area (Å²) in [5, 5.41) is 3.03. The lowest BCUT2D eigenvalue weighted by atomic mass is 9.93. The SMILES string of the molecule is Cc1ccccc1C(C)N1CCC(C(=O)Nc2ccc3c(c2)OCO3)CC1. The van der Waals surface area contributed by atoms with Crippen LogP contribution in [-0.4, -0.2) is 30.7 Å². The van der Waals surface area contributed by atoms with Crippen LogP contribution in [0.15, 0.2) is 42.5 Å². The van der Waals surface area contributed by atoms with E-state index in [1.807, 2.05) is 18.2 Å². The molecule has 5 heteroatoms. The molecule has 1 amide bonds. The quantitative estimate of drug-likeness (QED) is 0.884. The predicted octanol–water partition coefficient (Wildman–Crippen LogP) is 4.14. The van der Waals surface area contributed by atoms with Crippen molar-refractivity contribution in [1.82, 2.24) is 4.90 Å². The first-order valence-corrected chi connectivity index (χ1v) is 9.62. The molecular weight excluding hydrogens is 340 g/mol. The number of aryl methyl sites for hydroxylation is 1. The molecule has 0 aromatic heterocycles. The number of hydrogen-bond donors (Lipinski definition) is 1. The van der Waals surface area contributed by atoms with E-state index < -0.39 is 0 Å². The molecule has 1 fully saturated rings. The summed E-state index contributed by atoms with van der Waals surface area (Å²) in [7, 11) is 0. The van der Waals surface area contributed by atoms with Gasteiger partial charge in [-0.05, 0) is 63.0 Å². The molecular formula is C22H26N2O3. The Bertz CT molecular complexity index is 828. The molecule has 2 heterocycles. The Labute approximate surface area is 160 Å². The van der Waals surface area contributed by atoms with Crippen molar-refractivity contribution in [1.29, 1.82) is 0 Å². The Kier molecular flexibility index (Phi) is 5.03. The summed E-state index contributed by atoms with van der Waals surface area (Å²) in [5.74, 6) is 1.56. The summed E-state index contributed by atoms with van der Waals surface area (Å²) in [6, 6.07) is 14.5. The first-order chi connectivity index (χ1) is 13.1. The van der Waals surface area contributed by atoms with Crippen molar-refractivity contribution in [3.05, 3.63) is 53.6 Å². The highest BCUT2D eigenvalue weighted by atomic mass is 16.7. The Hall–Kier alpha value is -2.53. The van der Waals surface area contributed by atoms with Crippen LogP contribution in [0, 0.1) is 12.8 Å². The maximum atomic E-state index is 12.7. The van der Waals surface area contributed by atoms with Crippen molar-refractivity contribution in [2.45, 2.75) is 32.7 Å². The highest BCUT2D eigenvalue weighted by Gasteiger charge is 2.28. The number of amides is 1. The van der Waals surface area contributed by atoms with Crippen LogP contribution in [0.3, 0.4) is 0 Å². The molecule has 1 atom stereocenters. The van der Waals surface area contributed by atoms with Gasteiger partial charge in [0.25, 0.3) is 0 Å². The van der Waals surface area contributed by atoms with Gasteiger partial charge in [-0.15, -0.1) is 0 Å². The number of hydrogen-bond acceptors (Lipinski definition) is 4. The number of piperidine rings is 1. The monoisotopic (exact) mass is 366 g/mol. The van der Waals surface area contributed by atoms with Crippen molar-refractivity contribution in [2.24, 2.45) is 5.92 Å². The van der Waals surface area contributed by atoms with Crippen molar-refractivity contribution in [3.8, 4) is 11.5 Å². The fourth-order valence-electron chi connectivity index (χ4n) is 4.02. The second kappa shape index (κ2) is 7.61. The number of nitrogens with zero attached hydrogens (tertiary/aromatic N) is 1. The smallest absolute Gasteiger partial charge is 0.231 e. The number of fused-ring (bicyclic) bond motifs is 1. The van der Waals surface area contributed by atoms with Gasteiger partial charge in [0.2, 0.25) is 12.7 Å². The number of ether oxygens (including phenoxy) is 2. The van der Waals surface area contributed by atoms with Gasteiger partial charge in [-0.25, -0.2) is 0 Å². The van der Waals surface area contributed by atoms with Crippen LogP contribution in [0.25, 0.3) is 0 Å². The summed E-state index contributed by atoms with van der Waals surface area (Å²) in [5.41, 5.74) is 3.47. The summed E-state index contributed by atoms with van der Waals surface area (Å²) < 4.78 is 10.7. The zero-order chi connectivity index (χ0) is 18.8. The van der Waals surface area contributed by atoms with Gasteiger partial charge in [-0.2, -0.15) is 0 Å². The van der Waals surface area contributed by atoms with Gasteiger partial charge in [-0.1, -0.05) is 24.3 Å². The van der Waals surface area contributed by atoms with Crippen LogP contribution >= 0.6 is 0 Å². The van der Waals surface area contributed by atoms with Crippen LogP contribution in [0.2, 0.25) is 0 Å². The lowest BCUT2D eigenvalue weighted by molar-refractivity contribution is -0.121. The third-order valence-electron chi connectivity index (χ3n) is 5.73. The highest BCUT2D eigenvalue weighted by Crippen LogP contribution is 2.35. The average molecular weight is 366 g/mol. The van der Waals surface area contributed by atoms with Crippen LogP contribution in [0.1, 0.15) is 36.9 Å². The lowest BCUT2D eigenvalue weighted by Crippen LogP contribution is -2.39. The number of rotatable bonds is 4. The van der Waals surface area contributed by atoms with Gasteiger partial charge in [0.1, 0.15) is 0 Å². The van der Waals surface area contributed by atoms with E-state index in [-0.39, 0.29) is 18.6 Å². The number of anilines is 1. The van der Waals surface area contributed by atoms with E-state index in [0.29, 0.717) is 11.8 Å². The van der Waals surface area contributed by atoms with Gasteiger partial charge in [-0.3, -0.25) is 9.69 Å². The molecule has 2 aliphatic heterocycles. The second-order valence-electron chi connectivity index (χ2n) is 7.40. The molecule has 0 saturated carbocycles. The number of carbonyl (C=O) groups excluding carboxylic acids is 1. The molecule has 1 unspecified atom stereocenters. The zero-order valence-electron chi connectivity index (χ0n) is 15.9. The minimum atomic E-state index is 0.0516. The maximum absolute atomic E-state index is 12.7. The van der Waals surface area contributed by atoms with Gasteiger partial charge < -0.3 is 14.8 Å². The fourth-order valence-corrected chi connectivity index (χ4v) is 4.02. The summed E-state index contributed by atoms with van der Waals surface area (Å²) in [6.07, 6.45) is 1.76. The number of benzene rings is 2. The molecule has 142 valence electrons. The zero-order valence-corrected chi connectivity index (χ0v) is 15.9. The number of nitrogens with one attached hydrogen (secondary N) is 1. The Morgan fingerprint density at radius 1 is 1.11 bits per heavy atom. The van der Waals surface area contributed by atoms with E-state index in [9.17, 15) is 4.79 Å². The molecule has 0 aliphatic carbocycles. The third kappa shape index (κ3) is 3.78. The minimum Gasteiger partial charge on any atom is -0.454 e. The van der Waals surface area contributed by atoms with Crippen molar-refractivity contribution < 1.29 is 14.3 Å². The van der Waals surface area contributed by atoms with Crippen molar-refractivity contribution >= 4 is 11.6 Å². The molecule has 0 radical (unpaired) electrons. The Morgan fingerprint density at radius 2 is 1.85 bits per heavy atom. The van der Waals surface area contributed by atoms with Gasteiger partial charge >= 0.3 is 0 Å². The van der Waals surface area contributed by atoms with E-state index in [1.165, 1.54) is 11.1 Å². The summed E-state index contributed by atoms with van der Waals surface area (Å²) in [4.78, 5) is 15.1. The van der Waals surface area contributed by atoms with Crippen molar-refractivity contribution in [2.75, 3.05) is 25.2 Å². The molecule has 2 aromatic carbocycles. The van der Waals surface area contributed by atoms with E-state index >= 15 is 0 Å². The molecule has 1 N–H and O–H groups in total. The molecule has 27 heavy (non-hydrogen) atoms. The molecule has 1 saturated heterocycles. The Balaban J connectivity index is 1.33. The van der Waals surface area contributed by atoms with E-state index in [4.69, 9.17) is 9.47 Å². The molecule has 0 spiro atoms. The standard InChI is InChI=1S/C22H26N2O3/c1-15-5-3-4-6-19(15)16(2)24-11-9-17(10-12-24)22(25)23-18-7-8-20-21(13-18)27-14-26-20/h3-8,13,16-17H,9-12,14H2,1-2H3,(H,23,25). The Morgan fingerprint density at radius 3 is 2.63 bits per heavy atom. The first-order valence-electron chi connectivity index (χ1n) is 9.62.